The van der Waals surface area contributed by atoms with Crippen molar-refractivity contribution in [2.45, 2.75) is 18.4 Å². The minimum absolute atomic E-state index is 0. The van der Waals surface area contributed by atoms with E-state index in [0.29, 0.717) is 5.92 Å². The summed E-state index contributed by atoms with van der Waals surface area (Å²) in [6, 6.07) is 8.51. The molecule has 0 aliphatic carbocycles. The number of aromatic nitrogens is 1. The van der Waals surface area contributed by atoms with Gasteiger partial charge in [0.05, 0.1) is 32.2 Å². The third-order valence-corrected chi connectivity index (χ3v) is 6.35. The van der Waals surface area contributed by atoms with E-state index in [0.717, 1.165) is 29.0 Å². The molecule has 128 valence electrons. The topological polar surface area (TPSA) is 26.5 Å². The van der Waals surface area contributed by atoms with Crippen molar-refractivity contribution in [1.82, 2.24) is 4.57 Å². The van der Waals surface area contributed by atoms with Crippen molar-refractivity contribution in [2.75, 3.05) is 33.2 Å². The highest BCUT2D eigenvalue weighted by Crippen LogP contribution is 2.44. The first-order valence-electron chi connectivity index (χ1n) is 8.70. The number of ether oxygens (including phenoxy) is 1. The number of benzene rings is 1. The van der Waals surface area contributed by atoms with Gasteiger partial charge in [0.15, 0.2) is 5.60 Å². The number of piperidine rings is 3. The van der Waals surface area contributed by atoms with Crippen molar-refractivity contribution in [3.8, 4) is 0 Å². The van der Waals surface area contributed by atoms with Gasteiger partial charge < -0.3 is 37.8 Å². The third kappa shape index (κ3) is 2.24. The first-order valence-corrected chi connectivity index (χ1v) is 8.70. The van der Waals surface area contributed by atoms with Crippen molar-refractivity contribution in [2.24, 2.45) is 18.0 Å². The summed E-state index contributed by atoms with van der Waals surface area (Å²) in [6.07, 6.45) is 4.74. The molecule has 1 unspecified atom stereocenters. The molecule has 3 saturated heterocycles. The van der Waals surface area contributed by atoms with Crippen LogP contribution < -0.4 is 24.0 Å². The smallest absolute Gasteiger partial charge is 0.219 e. The molecule has 1 spiro atoms. The maximum Gasteiger partial charge on any atom is 0.219 e. The van der Waals surface area contributed by atoms with E-state index in [-0.39, 0.29) is 29.6 Å². The molecule has 5 heteroatoms. The Bertz CT molecular complexity index is 819. The summed E-state index contributed by atoms with van der Waals surface area (Å²) in [5.41, 5.74) is 2.35. The van der Waals surface area contributed by atoms with Gasteiger partial charge in [-0.1, -0.05) is 18.2 Å². The van der Waals surface area contributed by atoms with Gasteiger partial charge in [-0.3, -0.25) is 0 Å². The molecule has 0 radical (unpaired) electrons. The molecule has 2 aromatic rings. The summed E-state index contributed by atoms with van der Waals surface area (Å²) in [6.45, 7) is 4.57. The fourth-order valence-electron chi connectivity index (χ4n) is 5.06. The van der Waals surface area contributed by atoms with Gasteiger partial charge >= 0.3 is 0 Å². The summed E-state index contributed by atoms with van der Waals surface area (Å²) in [5.74, 6) is 1.54. The van der Waals surface area contributed by atoms with Crippen LogP contribution in [0.25, 0.3) is 10.9 Å². The van der Waals surface area contributed by atoms with Crippen molar-refractivity contribution in [3.63, 3.8) is 0 Å². The second-order valence-electron chi connectivity index (χ2n) is 7.96. The lowest BCUT2D eigenvalue weighted by molar-refractivity contribution is -0.932. The summed E-state index contributed by atoms with van der Waals surface area (Å²) in [7, 11) is 4.48. The number of nitrogens with zero attached hydrogens (tertiary/aromatic N) is 3. The lowest BCUT2D eigenvalue weighted by Gasteiger charge is -2.54. The van der Waals surface area contributed by atoms with E-state index in [2.05, 4.69) is 49.1 Å². The SMILES string of the molecule is Cn1cc(C2=NCC3(C[N+]4(C)CCC3CC4)O2)c2ccccc21.[I-]. The molecule has 0 saturated carbocycles. The number of rotatable bonds is 1. The molecule has 0 amide bonds. The van der Waals surface area contributed by atoms with Crippen LogP contribution >= 0.6 is 0 Å². The fourth-order valence-corrected chi connectivity index (χ4v) is 5.06. The number of para-hydroxylation sites is 1. The Hall–Kier alpha value is -1.08. The van der Waals surface area contributed by atoms with E-state index in [9.17, 15) is 0 Å². The molecule has 2 bridgehead atoms. The molecule has 4 nitrogen and oxygen atoms in total. The number of aryl methyl sites for hydroxylation is 1. The van der Waals surface area contributed by atoms with Gasteiger partial charge in [0, 0.05) is 42.9 Å². The monoisotopic (exact) mass is 437 g/mol. The van der Waals surface area contributed by atoms with E-state index in [1.165, 1.54) is 36.8 Å². The Morgan fingerprint density at radius 3 is 2.75 bits per heavy atom. The average molecular weight is 437 g/mol. The number of hydrogen-bond donors (Lipinski definition) is 0. The number of aliphatic imine (C=N–C) groups is 1. The zero-order chi connectivity index (χ0) is 15.7. The van der Waals surface area contributed by atoms with Gasteiger partial charge in [-0.25, -0.2) is 4.99 Å². The number of quaternary nitrogens is 1. The second kappa shape index (κ2) is 5.46. The summed E-state index contributed by atoms with van der Waals surface area (Å²) >= 11 is 0. The van der Waals surface area contributed by atoms with Gasteiger partial charge in [-0.15, -0.1) is 0 Å². The Morgan fingerprint density at radius 2 is 2.00 bits per heavy atom. The zero-order valence-corrected chi connectivity index (χ0v) is 16.5. The number of hydrogen-bond acceptors (Lipinski definition) is 2. The van der Waals surface area contributed by atoms with Crippen molar-refractivity contribution in [1.29, 1.82) is 0 Å². The molecular weight excluding hydrogens is 413 g/mol. The van der Waals surface area contributed by atoms with Crippen LogP contribution in [0, 0.1) is 5.92 Å². The third-order valence-electron chi connectivity index (χ3n) is 6.35. The van der Waals surface area contributed by atoms with Crippen molar-refractivity contribution in [3.05, 3.63) is 36.0 Å². The molecule has 24 heavy (non-hydrogen) atoms. The molecule has 5 heterocycles. The molecule has 4 aliphatic heterocycles. The highest BCUT2D eigenvalue weighted by molar-refractivity contribution is 6.07. The first-order chi connectivity index (χ1) is 11.1. The molecule has 1 aromatic carbocycles. The number of likely N-dealkylation sites (N-methyl/N-ethyl adjacent to an activating group) is 1. The molecule has 0 N–H and O–H groups in total. The number of fused-ring (bicyclic) bond motifs is 3. The second-order valence-corrected chi connectivity index (χ2v) is 7.96. The Balaban J connectivity index is 0.00000146. The van der Waals surface area contributed by atoms with Crippen molar-refractivity contribution < 1.29 is 33.2 Å². The van der Waals surface area contributed by atoms with Gasteiger partial charge in [0.2, 0.25) is 5.90 Å². The Kier molecular flexibility index (Phi) is 3.73. The lowest BCUT2D eigenvalue weighted by atomic mass is 9.74. The van der Waals surface area contributed by atoms with Gasteiger partial charge in [-0.05, 0) is 6.07 Å². The summed E-state index contributed by atoms with van der Waals surface area (Å²) < 4.78 is 9.95. The van der Waals surface area contributed by atoms with Crippen LogP contribution in [0.5, 0.6) is 0 Å². The Labute approximate surface area is 160 Å². The molecular formula is C19H24IN3O. The zero-order valence-electron chi connectivity index (χ0n) is 14.3. The normalized spacial score (nSPS) is 34.2. The molecule has 4 aliphatic rings. The van der Waals surface area contributed by atoms with Crippen LogP contribution in [0.15, 0.2) is 35.5 Å². The average Bonchev–Trinajstić information content (AvgIpc) is 3.10. The first kappa shape index (κ1) is 16.4. The molecule has 1 atom stereocenters. The van der Waals surface area contributed by atoms with Crippen molar-refractivity contribution >= 4 is 16.8 Å². The van der Waals surface area contributed by atoms with Crippen LogP contribution in [0.3, 0.4) is 0 Å². The van der Waals surface area contributed by atoms with Crippen LogP contribution in [0.4, 0.5) is 0 Å². The van der Waals surface area contributed by atoms with Gasteiger partial charge in [0.1, 0.15) is 6.54 Å². The van der Waals surface area contributed by atoms with E-state index in [1.807, 2.05) is 0 Å². The van der Waals surface area contributed by atoms with E-state index in [4.69, 9.17) is 9.73 Å². The van der Waals surface area contributed by atoms with Crippen LogP contribution in [-0.4, -0.2) is 53.8 Å². The molecule has 3 fully saturated rings. The number of halogens is 1. The molecule has 6 rings (SSSR count). The van der Waals surface area contributed by atoms with E-state index < -0.39 is 0 Å². The highest BCUT2D eigenvalue weighted by atomic mass is 127. The predicted molar refractivity (Wildman–Crippen MR) is 91.6 cm³/mol. The standard InChI is InChI=1S/C19H24N3O.HI/c1-21-11-16(15-5-3-4-6-17(15)21)18-20-12-19(23-18)13-22(2)9-7-14(19)8-10-22;/h3-6,11,14H,7-10,12-13H2,1-2H3;1H/q+1;/p-1. The van der Waals surface area contributed by atoms with Crippen LogP contribution in [0.2, 0.25) is 0 Å². The molecule has 1 aromatic heterocycles. The van der Waals surface area contributed by atoms with E-state index >= 15 is 0 Å². The fraction of sp³-hybridized carbons (Fsp3) is 0.526. The Morgan fingerprint density at radius 1 is 1.25 bits per heavy atom. The largest absolute Gasteiger partial charge is 1.00 e. The van der Waals surface area contributed by atoms with Gasteiger partial charge in [0.25, 0.3) is 0 Å². The predicted octanol–water partition coefficient (Wildman–Crippen LogP) is -0.432. The van der Waals surface area contributed by atoms with Crippen LogP contribution in [0.1, 0.15) is 18.4 Å². The maximum absolute atomic E-state index is 6.62. The maximum atomic E-state index is 6.62. The minimum Gasteiger partial charge on any atom is -1.00 e. The summed E-state index contributed by atoms with van der Waals surface area (Å²) in [4.78, 5) is 4.87. The minimum atomic E-state index is -0.0441. The van der Waals surface area contributed by atoms with Gasteiger partial charge in [-0.2, -0.15) is 0 Å². The van der Waals surface area contributed by atoms with E-state index in [1.54, 1.807) is 0 Å². The highest BCUT2D eigenvalue weighted by Gasteiger charge is 2.57. The summed E-state index contributed by atoms with van der Waals surface area (Å²) in [5, 5.41) is 1.24. The quantitative estimate of drug-likeness (QED) is 0.440. The van der Waals surface area contributed by atoms with Crippen LogP contribution in [-0.2, 0) is 11.8 Å². The lowest BCUT2D eigenvalue weighted by Crippen LogP contribution is -3.00.